The molecule has 0 amide bonds. The summed E-state index contributed by atoms with van der Waals surface area (Å²) in [5.41, 5.74) is 1.30. The maximum absolute atomic E-state index is 10.6. The summed E-state index contributed by atoms with van der Waals surface area (Å²) >= 11 is 6.01. The van der Waals surface area contributed by atoms with E-state index in [1.807, 2.05) is 13.8 Å². The van der Waals surface area contributed by atoms with Gasteiger partial charge in [0.2, 0.25) is 0 Å². The number of carbonyl (C=O) groups excluding carboxylic acids is 1. The molecule has 0 N–H and O–H groups in total. The summed E-state index contributed by atoms with van der Waals surface area (Å²) < 4.78 is 10.8. The van der Waals surface area contributed by atoms with Crippen LogP contribution in [0.25, 0.3) is 0 Å². The summed E-state index contributed by atoms with van der Waals surface area (Å²) in [4.78, 5) is 10.6. The fraction of sp³-hybridized carbons (Fsp3) is 0.231. The average molecular weight is 266 g/mol. The van der Waals surface area contributed by atoms with Crippen LogP contribution in [0, 0.1) is 6.92 Å². The molecule has 1 atom stereocenters. The van der Waals surface area contributed by atoms with Crippen molar-refractivity contribution in [1.29, 1.82) is 0 Å². The molecule has 1 aromatic carbocycles. The molecule has 0 aliphatic heterocycles. The van der Waals surface area contributed by atoms with Crippen LogP contribution in [0.5, 0.6) is 5.75 Å². The molecule has 0 radical (unpaired) electrons. The van der Waals surface area contributed by atoms with Crippen molar-refractivity contribution in [2.24, 2.45) is 0 Å². The molecule has 5 heteroatoms. The Morgan fingerprint density at radius 1 is 1.44 bits per heavy atom. The summed E-state index contributed by atoms with van der Waals surface area (Å²) in [6.07, 6.45) is 0.435. The van der Waals surface area contributed by atoms with Gasteiger partial charge in [0.1, 0.15) is 12.0 Å². The highest BCUT2D eigenvalue weighted by Crippen LogP contribution is 2.29. The van der Waals surface area contributed by atoms with Gasteiger partial charge in [0, 0.05) is 11.6 Å². The van der Waals surface area contributed by atoms with E-state index in [9.17, 15) is 4.79 Å². The fourth-order valence-corrected chi connectivity index (χ4v) is 1.74. The normalized spacial score (nSPS) is 12.2. The molecule has 4 nitrogen and oxygen atoms in total. The minimum Gasteiger partial charge on any atom is -0.481 e. The van der Waals surface area contributed by atoms with Gasteiger partial charge in [0.25, 0.3) is 0 Å². The summed E-state index contributed by atoms with van der Waals surface area (Å²) in [7, 11) is 0. The molecule has 0 bridgehead atoms. The molecule has 2 aromatic rings. The van der Waals surface area contributed by atoms with Crippen molar-refractivity contribution in [1.82, 2.24) is 5.16 Å². The third-order valence-electron chi connectivity index (χ3n) is 2.44. The number of rotatable bonds is 4. The maximum atomic E-state index is 10.6. The summed E-state index contributed by atoms with van der Waals surface area (Å²) in [5, 5.41) is 4.19. The van der Waals surface area contributed by atoms with Gasteiger partial charge in [-0.05, 0) is 32.0 Å². The third-order valence-corrected chi connectivity index (χ3v) is 2.74. The molecule has 1 unspecified atom stereocenters. The number of aldehydes is 1. The average Bonchev–Trinajstić information content (AvgIpc) is 2.78. The molecule has 0 spiro atoms. The van der Waals surface area contributed by atoms with Crippen LogP contribution in [-0.4, -0.2) is 11.4 Å². The summed E-state index contributed by atoms with van der Waals surface area (Å²) in [6.45, 7) is 3.68. The van der Waals surface area contributed by atoms with Crippen LogP contribution >= 0.6 is 11.6 Å². The van der Waals surface area contributed by atoms with Crippen molar-refractivity contribution < 1.29 is 14.1 Å². The van der Waals surface area contributed by atoms with Gasteiger partial charge in [0.15, 0.2) is 11.9 Å². The van der Waals surface area contributed by atoms with Gasteiger partial charge in [-0.3, -0.25) is 4.79 Å². The first-order valence-corrected chi connectivity index (χ1v) is 5.82. The van der Waals surface area contributed by atoms with E-state index in [0.717, 1.165) is 12.0 Å². The summed E-state index contributed by atoms with van der Waals surface area (Å²) in [5.74, 6) is 1.13. The van der Waals surface area contributed by atoms with Crippen LogP contribution in [0.15, 0.2) is 28.8 Å². The van der Waals surface area contributed by atoms with Gasteiger partial charge >= 0.3 is 0 Å². The van der Waals surface area contributed by atoms with Crippen molar-refractivity contribution >= 4 is 17.9 Å². The number of benzene rings is 1. The Balaban J connectivity index is 2.16. The fourth-order valence-electron chi connectivity index (χ4n) is 1.51. The van der Waals surface area contributed by atoms with Crippen molar-refractivity contribution in [2.75, 3.05) is 0 Å². The van der Waals surface area contributed by atoms with Crippen molar-refractivity contribution in [3.63, 3.8) is 0 Å². The molecule has 0 fully saturated rings. The largest absolute Gasteiger partial charge is 0.481 e. The molecule has 18 heavy (non-hydrogen) atoms. The van der Waals surface area contributed by atoms with Crippen molar-refractivity contribution in [2.45, 2.75) is 20.0 Å². The topological polar surface area (TPSA) is 52.3 Å². The molecule has 1 aromatic heterocycles. The Morgan fingerprint density at radius 3 is 2.78 bits per heavy atom. The third kappa shape index (κ3) is 2.71. The molecule has 0 saturated heterocycles. The molecule has 1 heterocycles. The van der Waals surface area contributed by atoms with Crippen molar-refractivity contribution in [3.05, 3.63) is 46.3 Å². The SMILES string of the molecule is Cc1cc(C(C)Oc2ccc(C=O)cc2Cl)on1. The molecular formula is C13H12ClNO3. The van der Waals surface area contributed by atoms with Crippen LogP contribution < -0.4 is 4.74 Å². The molecule has 0 aliphatic carbocycles. The van der Waals surface area contributed by atoms with Crippen molar-refractivity contribution in [3.8, 4) is 5.75 Å². The first kappa shape index (κ1) is 12.6. The Morgan fingerprint density at radius 2 is 2.22 bits per heavy atom. The number of hydrogen-bond acceptors (Lipinski definition) is 4. The number of nitrogens with zero attached hydrogens (tertiary/aromatic N) is 1. The number of carbonyl (C=O) groups is 1. The van der Waals surface area contributed by atoms with E-state index >= 15 is 0 Å². The van der Waals surface area contributed by atoms with Gasteiger partial charge in [-0.1, -0.05) is 16.8 Å². The van der Waals surface area contributed by atoms with Crippen LogP contribution in [-0.2, 0) is 0 Å². The van der Waals surface area contributed by atoms with E-state index in [2.05, 4.69) is 5.16 Å². The minimum atomic E-state index is -0.300. The van der Waals surface area contributed by atoms with Crippen LogP contribution in [0.4, 0.5) is 0 Å². The minimum absolute atomic E-state index is 0.300. The lowest BCUT2D eigenvalue weighted by Gasteiger charge is -2.13. The monoisotopic (exact) mass is 265 g/mol. The molecule has 94 valence electrons. The Kier molecular flexibility index (Phi) is 3.67. The van der Waals surface area contributed by atoms with E-state index in [0.29, 0.717) is 22.1 Å². The lowest BCUT2D eigenvalue weighted by atomic mass is 10.2. The van der Waals surface area contributed by atoms with Gasteiger partial charge in [-0.15, -0.1) is 0 Å². The van der Waals surface area contributed by atoms with E-state index in [1.54, 1.807) is 24.3 Å². The number of ether oxygens (including phenoxy) is 1. The van der Waals surface area contributed by atoms with E-state index in [1.165, 1.54) is 0 Å². The quantitative estimate of drug-likeness (QED) is 0.793. The van der Waals surface area contributed by atoms with E-state index in [-0.39, 0.29) is 6.10 Å². The lowest BCUT2D eigenvalue weighted by molar-refractivity contribution is 0.112. The first-order valence-electron chi connectivity index (χ1n) is 5.44. The maximum Gasteiger partial charge on any atom is 0.177 e. The smallest absolute Gasteiger partial charge is 0.177 e. The highest BCUT2D eigenvalue weighted by molar-refractivity contribution is 6.32. The zero-order chi connectivity index (χ0) is 13.1. The zero-order valence-corrected chi connectivity index (χ0v) is 10.8. The second-order valence-electron chi connectivity index (χ2n) is 3.94. The van der Waals surface area contributed by atoms with Crippen LogP contribution in [0.1, 0.15) is 34.8 Å². The molecule has 0 saturated carbocycles. The predicted molar refractivity (Wildman–Crippen MR) is 67.1 cm³/mol. The standard InChI is InChI=1S/C13H12ClNO3/c1-8-5-13(18-15-8)9(2)17-12-4-3-10(7-16)6-11(12)14/h3-7,9H,1-2H3. The highest BCUT2D eigenvalue weighted by atomic mass is 35.5. The Labute approximate surface area is 109 Å². The first-order chi connectivity index (χ1) is 8.60. The number of hydrogen-bond donors (Lipinski definition) is 0. The highest BCUT2D eigenvalue weighted by Gasteiger charge is 2.14. The van der Waals surface area contributed by atoms with Crippen LogP contribution in [0.2, 0.25) is 5.02 Å². The van der Waals surface area contributed by atoms with Gasteiger partial charge < -0.3 is 9.26 Å². The number of aromatic nitrogens is 1. The van der Waals surface area contributed by atoms with E-state index < -0.39 is 0 Å². The molecular weight excluding hydrogens is 254 g/mol. The predicted octanol–water partition coefficient (Wildman–Crippen LogP) is 3.59. The Bertz CT molecular complexity index is 565. The molecule has 0 aliphatic rings. The number of aryl methyl sites for hydroxylation is 1. The lowest BCUT2D eigenvalue weighted by Crippen LogP contribution is -2.02. The second kappa shape index (κ2) is 5.23. The zero-order valence-electron chi connectivity index (χ0n) is 10.0. The summed E-state index contributed by atoms with van der Waals surface area (Å²) in [6, 6.07) is 6.67. The Hall–Kier alpha value is -1.81. The second-order valence-corrected chi connectivity index (χ2v) is 4.35. The number of halogens is 1. The van der Waals surface area contributed by atoms with Gasteiger partial charge in [-0.2, -0.15) is 0 Å². The van der Waals surface area contributed by atoms with Gasteiger partial charge in [0.05, 0.1) is 10.7 Å². The van der Waals surface area contributed by atoms with Gasteiger partial charge in [-0.25, -0.2) is 0 Å². The molecule has 2 rings (SSSR count). The van der Waals surface area contributed by atoms with E-state index in [4.69, 9.17) is 20.9 Å². The van der Waals surface area contributed by atoms with Crippen LogP contribution in [0.3, 0.4) is 0 Å².